The fourth-order valence-corrected chi connectivity index (χ4v) is 5.23. The number of anilines is 3. The van der Waals surface area contributed by atoms with Crippen LogP contribution in [0.25, 0.3) is 0 Å². The summed E-state index contributed by atoms with van der Waals surface area (Å²) in [5.41, 5.74) is 6.87. The van der Waals surface area contributed by atoms with Crippen molar-refractivity contribution in [2.75, 3.05) is 12.0 Å². The first kappa shape index (κ1) is 25.9. The van der Waals surface area contributed by atoms with Gasteiger partial charge in [0.05, 0.1) is 12.8 Å². The molecule has 0 fully saturated rings. The van der Waals surface area contributed by atoms with Crippen LogP contribution in [0, 0.1) is 0 Å². The number of aryl methyl sites for hydroxylation is 1. The monoisotopic (exact) mass is 515 g/mol. The molecule has 0 aliphatic rings. The number of methoxy groups -OCH3 is 1. The molecule has 4 heteroatoms. The van der Waals surface area contributed by atoms with E-state index in [4.69, 9.17) is 4.74 Å². The molecule has 0 heterocycles. The molecule has 5 rings (SSSR count). The number of aromatic hydroxyl groups is 2. The Balaban J connectivity index is 1.79. The summed E-state index contributed by atoms with van der Waals surface area (Å²) < 4.78 is 5.45. The van der Waals surface area contributed by atoms with E-state index in [0.29, 0.717) is 0 Å². The van der Waals surface area contributed by atoms with Gasteiger partial charge in [-0.3, -0.25) is 0 Å². The molecule has 196 valence electrons. The molecule has 2 N–H and O–H groups in total. The van der Waals surface area contributed by atoms with Crippen molar-refractivity contribution in [1.29, 1.82) is 0 Å². The lowest BCUT2D eigenvalue weighted by Gasteiger charge is -2.37. The van der Waals surface area contributed by atoms with Crippen molar-refractivity contribution in [3.05, 3.63) is 144 Å². The van der Waals surface area contributed by atoms with Crippen LogP contribution < -0.4 is 9.64 Å². The van der Waals surface area contributed by atoms with Crippen LogP contribution >= 0.6 is 0 Å². The molecule has 0 aliphatic carbocycles. The van der Waals surface area contributed by atoms with Crippen LogP contribution in [0.5, 0.6) is 17.2 Å². The van der Waals surface area contributed by atoms with Crippen LogP contribution in [0.4, 0.5) is 17.1 Å². The second kappa shape index (κ2) is 11.0. The normalized spacial score (nSPS) is 11.3. The Morgan fingerprint density at radius 3 is 1.82 bits per heavy atom. The summed E-state index contributed by atoms with van der Waals surface area (Å²) in [6, 6.07) is 39.9. The van der Waals surface area contributed by atoms with Crippen molar-refractivity contribution in [2.24, 2.45) is 0 Å². The van der Waals surface area contributed by atoms with Crippen LogP contribution in [0.1, 0.15) is 36.1 Å². The van der Waals surface area contributed by atoms with Crippen LogP contribution in [0.15, 0.2) is 121 Å². The minimum atomic E-state index is -0.606. The number of phenolic OH excluding ortho intramolecular Hbond substituents is 2. The highest BCUT2D eigenvalue weighted by atomic mass is 16.5. The molecule has 5 aromatic carbocycles. The lowest BCUT2D eigenvalue weighted by Crippen LogP contribution is -2.28. The van der Waals surface area contributed by atoms with Crippen molar-refractivity contribution >= 4 is 17.1 Å². The van der Waals surface area contributed by atoms with Gasteiger partial charge in [-0.05, 0) is 102 Å². The van der Waals surface area contributed by atoms with Gasteiger partial charge >= 0.3 is 0 Å². The molecule has 0 atom stereocenters. The van der Waals surface area contributed by atoms with Gasteiger partial charge in [0.15, 0.2) is 0 Å². The standard InChI is InChI=1S/C35H33NO3/c1-4-25-8-7-9-29(24-25)36(28-16-22-32(39-3)23-17-28)34-11-6-5-10-33(34)35(2,26-12-18-30(37)19-13-26)27-14-20-31(38)21-15-27/h5-24,37-38H,4H2,1-3H3. The summed E-state index contributed by atoms with van der Waals surface area (Å²) >= 11 is 0. The summed E-state index contributed by atoms with van der Waals surface area (Å²) in [5.74, 6) is 1.24. The molecule has 0 saturated heterocycles. The summed E-state index contributed by atoms with van der Waals surface area (Å²) in [6.45, 7) is 4.36. The molecular weight excluding hydrogens is 482 g/mol. The first-order chi connectivity index (χ1) is 18.9. The number of ether oxygens (including phenoxy) is 1. The maximum absolute atomic E-state index is 10.1. The van der Waals surface area contributed by atoms with Gasteiger partial charge in [0.25, 0.3) is 0 Å². The Bertz CT molecular complexity index is 1500. The quantitative estimate of drug-likeness (QED) is 0.203. The molecule has 0 spiro atoms. The van der Waals surface area contributed by atoms with E-state index in [2.05, 4.69) is 79.4 Å². The highest BCUT2D eigenvalue weighted by molar-refractivity contribution is 5.81. The van der Waals surface area contributed by atoms with Gasteiger partial charge in [0, 0.05) is 16.8 Å². The van der Waals surface area contributed by atoms with Gasteiger partial charge in [-0.25, -0.2) is 0 Å². The molecule has 0 amide bonds. The molecule has 0 unspecified atom stereocenters. The second-order valence-corrected chi connectivity index (χ2v) is 9.79. The van der Waals surface area contributed by atoms with Crippen LogP contribution in [-0.4, -0.2) is 17.3 Å². The average molecular weight is 516 g/mol. The molecule has 0 aliphatic heterocycles. The summed E-state index contributed by atoms with van der Waals surface area (Å²) in [7, 11) is 1.67. The van der Waals surface area contributed by atoms with E-state index in [1.807, 2.05) is 36.4 Å². The first-order valence-corrected chi connectivity index (χ1v) is 13.2. The predicted molar refractivity (Wildman–Crippen MR) is 159 cm³/mol. The minimum absolute atomic E-state index is 0.219. The van der Waals surface area contributed by atoms with E-state index in [0.717, 1.165) is 45.9 Å². The second-order valence-electron chi connectivity index (χ2n) is 9.79. The zero-order valence-electron chi connectivity index (χ0n) is 22.5. The third-order valence-electron chi connectivity index (χ3n) is 7.48. The fraction of sp³-hybridized carbons (Fsp3) is 0.143. The number of nitrogens with zero attached hydrogens (tertiary/aromatic N) is 1. The Morgan fingerprint density at radius 1 is 0.667 bits per heavy atom. The Kier molecular flexibility index (Phi) is 7.29. The lowest BCUT2D eigenvalue weighted by molar-refractivity contribution is 0.415. The molecule has 0 aromatic heterocycles. The van der Waals surface area contributed by atoms with Gasteiger partial charge in [-0.1, -0.05) is 61.5 Å². The number of hydrogen-bond donors (Lipinski definition) is 2. The van der Waals surface area contributed by atoms with Gasteiger partial charge in [0.1, 0.15) is 17.2 Å². The zero-order valence-corrected chi connectivity index (χ0v) is 22.5. The van der Waals surface area contributed by atoms with Crippen molar-refractivity contribution in [2.45, 2.75) is 25.7 Å². The molecular formula is C35H33NO3. The van der Waals surface area contributed by atoms with Crippen LogP contribution in [0.2, 0.25) is 0 Å². The molecule has 5 aromatic rings. The SMILES string of the molecule is CCc1cccc(N(c2ccc(OC)cc2)c2ccccc2C(C)(c2ccc(O)cc2)c2ccc(O)cc2)c1. The number of para-hydroxylation sites is 1. The van der Waals surface area contributed by atoms with E-state index < -0.39 is 5.41 Å². The summed E-state index contributed by atoms with van der Waals surface area (Å²) in [4.78, 5) is 2.28. The van der Waals surface area contributed by atoms with Crippen LogP contribution in [0.3, 0.4) is 0 Å². The average Bonchev–Trinajstić information content (AvgIpc) is 2.98. The number of benzene rings is 5. The third kappa shape index (κ3) is 5.06. The van der Waals surface area contributed by atoms with Crippen molar-refractivity contribution in [3.63, 3.8) is 0 Å². The number of hydrogen-bond acceptors (Lipinski definition) is 4. The van der Waals surface area contributed by atoms with Gasteiger partial charge in [-0.2, -0.15) is 0 Å². The largest absolute Gasteiger partial charge is 0.508 e. The smallest absolute Gasteiger partial charge is 0.119 e. The maximum atomic E-state index is 10.1. The maximum Gasteiger partial charge on any atom is 0.119 e. The fourth-order valence-electron chi connectivity index (χ4n) is 5.23. The molecule has 39 heavy (non-hydrogen) atoms. The summed E-state index contributed by atoms with van der Waals surface area (Å²) in [5, 5.41) is 20.2. The van der Waals surface area contributed by atoms with E-state index in [9.17, 15) is 10.2 Å². The Labute approximate surface area is 230 Å². The van der Waals surface area contributed by atoms with E-state index in [1.54, 1.807) is 31.4 Å². The van der Waals surface area contributed by atoms with Crippen molar-refractivity contribution in [1.82, 2.24) is 0 Å². The third-order valence-corrected chi connectivity index (χ3v) is 7.48. The van der Waals surface area contributed by atoms with Gasteiger partial charge in [-0.15, -0.1) is 0 Å². The molecule has 0 radical (unpaired) electrons. The van der Waals surface area contributed by atoms with E-state index in [-0.39, 0.29) is 11.5 Å². The topological polar surface area (TPSA) is 52.9 Å². The first-order valence-electron chi connectivity index (χ1n) is 13.2. The van der Waals surface area contributed by atoms with Crippen LogP contribution in [-0.2, 0) is 11.8 Å². The highest BCUT2D eigenvalue weighted by Gasteiger charge is 2.35. The van der Waals surface area contributed by atoms with E-state index in [1.165, 1.54) is 5.56 Å². The Morgan fingerprint density at radius 2 is 1.26 bits per heavy atom. The Hall–Kier alpha value is -4.70. The number of rotatable bonds is 8. The van der Waals surface area contributed by atoms with Crippen molar-refractivity contribution < 1.29 is 14.9 Å². The minimum Gasteiger partial charge on any atom is -0.508 e. The molecule has 4 nitrogen and oxygen atoms in total. The zero-order chi connectivity index (χ0) is 27.4. The number of phenols is 2. The highest BCUT2D eigenvalue weighted by Crippen LogP contribution is 2.47. The van der Waals surface area contributed by atoms with Crippen molar-refractivity contribution in [3.8, 4) is 17.2 Å². The molecule has 0 bridgehead atoms. The molecule has 0 saturated carbocycles. The lowest BCUT2D eigenvalue weighted by atomic mass is 9.70. The van der Waals surface area contributed by atoms with E-state index >= 15 is 0 Å². The van der Waals surface area contributed by atoms with Gasteiger partial charge < -0.3 is 19.8 Å². The predicted octanol–water partition coefficient (Wildman–Crippen LogP) is 8.49. The van der Waals surface area contributed by atoms with Gasteiger partial charge in [0.2, 0.25) is 0 Å². The summed E-state index contributed by atoms with van der Waals surface area (Å²) in [6.07, 6.45) is 0.935.